The van der Waals surface area contributed by atoms with Gasteiger partial charge in [-0.2, -0.15) is 18.3 Å². The zero-order chi connectivity index (χ0) is 21.5. The minimum atomic E-state index is -4.57. The van der Waals surface area contributed by atoms with Crippen molar-refractivity contribution < 1.29 is 31.1 Å². The van der Waals surface area contributed by atoms with E-state index in [4.69, 9.17) is 0 Å². The molecule has 1 amide bonds. The molecule has 0 radical (unpaired) electrons. The quantitative estimate of drug-likeness (QED) is 0.553. The first-order valence-corrected chi connectivity index (χ1v) is 9.04. The molecule has 0 spiro atoms. The van der Waals surface area contributed by atoms with Gasteiger partial charge >= 0.3 is 6.18 Å². The summed E-state index contributed by atoms with van der Waals surface area (Å²) in [5, 5.41) is 4.73. The second-order valence-corrected chi connectivity index (χ2v) is 7.38. The predicted molar refractivity (Wildman–Crippen MR) is 92.1 cm³/mol. The first-order valence-electron chi connectivity index (χ1n) is 9.04. The molecule has 29 heavy (non-hydrogen) atoms. The van der Waals surface area contributed by atoms with Gasteiger partial charge in [-0.25, -0.2) is 13.2 Å². The summed E-state index contributed by atoms with van der Waals surface area (Å²) < 4.78 is 79.3. The Morgan fingerprint density at radius 2 is 1.83 bits per heavy atom. The molecule has 0 aromatic heterocycles. The highest BCUT2D eigenvalue weighted by atomic mass is 19.4. The number of likely N-dealkylation sites (N-methyl/N-ethyl adjacent to an activating group) is 1. The minimum absolute atomic E-state index is 0.00184. The number of hydrazone groups is 1. The number of hydrogen-bond acceptors (Lipinski definition) is 4. The number of benzene rings is 1. The number of nitrogens with zero attached hydrogens (tertiary/aromatic N) is 4. The molecule has 0 bridgehead atoms. The van der Waals surface area contributed by atoms with Crippen molar-refractivity contribution in [2.45, 2.75) is 32.1 Å². The second-order valence-electron chi connectivity index (χ2n) is 7.38. The van der Waals surface area contributed by atoms with Gasteiger partial charge in [-0.3, -0.25) is 9.80 Å². The molecule has 3 rings (SSSR count). The Balaban J connectivity index is 1.59. The van der Waals surface area contributed by atoms with E-state index in [1.54, 1.807) is 6.92 Å². The van der Waals surface area contributed by atoms with Crippen molar-refractivity contribution in [3.8, 4) is 0 Å². The summed E-state index contributed by atoms with van der Waals surface area (Å²) in [6, 6.07) is 1.24. The van der Waals surface area contributed by atoms with Crippen LogP contribution in [0.5, 0.6) is 0 Å². The molecule has 2 heterocycles. The summed E-state index contributed by atoms with van der Waals surface area (Å²) in [6.07, 6.45) is -5.25. The maximum absolute atomic E-state index is 13.8. The van der Waals surface area contributed by atoms with Gasteiger partial charge in [-0.05, 0) is 24.0 Å². The van der Waals surface area contributed by atoms with Gasteiger partial charge in [0, 0.05) is 32.6 Å². The average molecular weight is 422 g/mol. The molecule has 11 heteroatoms. The van der Waals surface area contributed by atoms with Crippen LogP contribution >= 0.6 is 0 Å². The van der Waals surface area contributed by atoms with E-state index in [1.165, 1.54) is 17.0 Å². The Bertz CT molecular complexity index is 827. The van der Waals surface area contributed by atoms with Crippen molar-refractivity contribution in [1.82, 2.24) is 14.8 Å². The number of carbonyl (C=O) groups excluding carboxylic acids is 1. The van der Waals surface area contributed by atoms with E-state index in [-0.39, 0.29) is 49.9 Å². The number of carbonyl (C=O) groups is 1. The van der Waals surface area contributed by atoms with Gasteiger partial charge in [0.2, 0.25) is 11.7 Å². The molecule has 1 aromatic rings. The number of hydrogen-bond donors (Lipinski definition) is 0. The molecule has 1 saturated heterocycles. The van der Waals surface area contributed by atoms with Crippen LogP contribution in [0, 0.1) is 23.4 Å². The van der Waals surface area contributed by atoms with Crippen molar-refractivity contribution in [3.63, 3.8) is 0 Å². The van der Waals surface area contributed by atoms with E-state index in [0.29, 0.717) is 6.07 Å². The molecule has 1 fully saturated rings. The highest BCUT2D eigenvalue weighted by molar-refractivity contribution is 5.89. The van der Waals surface area contributed by atoms with Crippen LogP contribution < -0.4 is 0 Å². The lowest BCUT2D eigenvalue weighted by molar-refractivity contribution is -0.135. The van der Waals surface area contributed by atoms with Crippen molar-refractivity contribution >= 4 is 11.7 Å². The van der Waals surface area contributed by atoms with Crippen LogP contribution in [0.15, 0.2) is 17.2 Å². The maximum Gasteiger partial charge on any atom is 0.451 e. The van der Waals surface area contributed by atoms with Crippen LogP contribution in [-0.4, -0.2) is 65.6 Å². The van der Waals surface area contributed by atoms with Crippen LogP contribution in [0.4, 0.5) is 26.3 Å². The summed E-state index contributed by atoms with van der Waals surface area (Å²) in [4.78, 5) is 15.2. The SMILES string of the molecule is C[C@@H](CC(=O)N1CCN2C(C(F)(F)F)=NN(C)C2C1)Cc1cc(F)c(F)cc1F. The monoisotopic (exact) mass is 422 g/mol. The van der Waals surface area contributed by atoms with Gasteiger partial charge in [-0.15, -0.1) is 0 Å². The standard InChI is InChI=1S/C18H20F6N4O/c1-10(5-11-7-13(20)14(21)8-12(11)19)6-16(29)27-3-4-28-15(9-27)26(2)25-17(28)18(22,23)24/h7-8,10,15H,3-6,9H2,1-2H3/t10-,15?/m1/s1. The van der Waals surface area contributed by atoms with E-state index in [1.807, 2.05) is 0 Å². The summed E-state index contributed by atoms with van der Waals surface area (Å²) in [5.41, 5.74) is -0.0345. The summed E-state index contributed by atoms with van der Waals surface area (Å²) in [7, 11) is 1.42. The van der Waals surface area contributed by atoms with Crippen LogP contribution in [0.1, 0.15) is 18.9 Å². The van der Waals surface area contributed by atoms with Crippen molar-refractivity contribution in [2.75, 3.05) is 26.7 Å². The first-order chi connectivity index (χ1) is 13.5. The third-order valence-electron chi connectivity index (χ3n) is 5.10. The van der Waals surface area contributed by atoms with Gasteiger partial charge in [0.05, 0.1) is 6.54 Å². The lowest BCUT2D eigenvalue weighted by Gasteiger charge is -2.40. The summed E-state index contributed by atoms with van der Waals surface area (Å²) in [5.74, 6) is -4.98. The molecule has 0 N–H and O–H groups in total. The first kappa shape index (κ1) is 21.3. The largest absolute Gasteiger partial charge is 0.451 e. The van der Waals surface area contributed by atoms with Crippen LogP contribution in [-0.2, 0) is 11.2 Å². The Morgan fingerprint density at radius 1 is 1.17 bits per heavy atom. The van der Waals surface area contributed by atoms with Gasteiger partial charge < -0.3 is 9.80 Å². The Morgan fingerprint density at radius 3 is 2.48 bits per heavy atom. The number of amidine groups is 1. The van der Waals surface area contributed by atoms with Gasteiger partial charge in [0.15, 0.2) is 11.6 Å². The normalized spacial score (nSPS) is 20.6. The highest BCUT2D eigenvalue weighted by Gasteiger charge is 2.49. The van der Waals surface area contributed by atoms with E-state index in [2.05, 4.69) is 5.10 Å². The van der Waals surface area contributed by atoms with E-state index < -0.39 is 35.6 Å². The molecular formula is C18H20F6N4O. The maximum atomic E-state index is 13.8. The highest BCUT2D eigenvalue weighted by Crippen LogP contribution is 2.30. The van der Waals surface area contributed by atoms with Crippen molar-refractivity contribution in [2.24, 2.45) is 11.0 Å². The van der Waals surface area contributed by atoms with Crippen LogP contribution in [0.3, 0.4) is 0 Å². The molecule has 1 aromatic carbocycles. The number of amides is 1. The third-order valence-corrected chi connectivity index (χ3v) is 5.10. The number of alkyl halides is 3. The number of rotatable bonds is 4. The molecule has 5 nitrogen and oxygen atoms in total. The summed E-state index contributed by atoms with van der Waals surface area (Å²) >= 11 is 0. The third kappa shape index (κ3) is 4.43. The van der Waals surface area contributed by atoms with Gasteiger partial charge in [0.1, 0.15) is 12.0 Å². The Labute approximate surface area is 163 Å². The zero-order valence-corrected chi connectivity index (χ0v) is 15.8. The lowest BCUT2D eigenvalue weighted by atomic mass is 9.96. The molecule has 2 atom stereocenters. The molecular weight excluding hydrogens is 402 g/mol. The second kappa shape index (κ2) is 7.75. The van der Waals surface area contributed by atoms with Gasteiger partial charge in [-0.1, -0.05) is 6.92 Å². The number of piperazine rings is 1. The number of fused-ring (bicyclic) bond motifs is 1. The van der Waals surface area contributed by atoms with E-state index in [0.717, 1.165) is 11.0 Å². The van der Waals surface area contributed by atoms with E-state index >= 15 is 0 Å². The average Bonchev–Trinajstić information content (AvgIpc) is 2.96. The fraction of sp³-hybridized carbons (Fsp3) is 0.556. The molecule has 2 aliphatic heterocycles. The molecule has 0 saturated carbocycles. The predicted octanol–water partition coefficient (Wildman–Crippen LogP) is 2.96. The Hall–Kier alpha value is -2.46. The molecule has 2 aliphatic rings. The topological polar surface area (TPSA) is 39.2 Å². The lowest BCUT2D eigenvalue weighted by Crippen LogP contribution is -2.59. The zero-order valence-electron chi connectivity index (χ0n) is 15.8. The molecule has 160 valence electrons. The fourth-order valence-electron chi connectivity index (χ4n) is 3.65. The van der Waals surface area contributed by atoms with E-state index in [9.17, 15) is 31.1 Å². The van der Waals surface area contributed by atoms with Crippen LogP contribution in [0.2, 0.25) is 0 Å². The van der Waals surface area contributed by atoms with Crippen LogP contribution in [0.25, 0.3) is 0 Å². The molecule has 0 aliphatic carbocycles. The van der Waals surface area contributed by atoms with Crippen molar-refractivity contribution in [1.29, 1.82) is 0 Å². The van der Waals surface area contributed by atoms with Crippen molar-refractivity contribution in [3.05, 3.63) is 35.1 Å². The van der Waals surface area contributed by atoms with Gasteiger partial charge in [0.25, 0.3) is 0 Å². The molecule has 1 unspecified atom stereocenters. The Kier molecular flexibility index (Phi) is 5.68. The summed E-state index contributed by atoms with van der Waals surface area (Å²) in [6.45, 7) is 1.81. The minimum Gasteiger partial charge on any atom is -0.337 e. The fourth-order valence-corrected chi connectivity index (χ4v) is 3.65. The number of halogens is 6. The smallest absolute Gasteiger partial charge is 0.337 e.